The van der Waals surface area contributed by atoms with Gasteiger partial charge in [-0.1, -0.05) is 71.1 Å². The van der Waals surface area contributed by atoms with E-state index in [4.69, 9.17) is 21.3 Å². The van der Waals surface area contributed by atoms with Crippen molar-refractivity contribution in [2.45, 2.75) is 36.6 Å². The van der Waals surface area contributed by atoms with Crippen molar-refractivity contribution in [3.05, 3.63) is 136 Å². The maximum Gasteiger partial charge on any atom is 0.283 e. The topological polar surface area (TPSA) is 107 Å². The van der Waals surface area contributed by atoms with E-state index in [9.17, 15) is 19.7 Å². The Balaban J connectivity index is 1.55. The Kier molecular flexibility index (Phi) is 9.54. The van der Waals surface area contributed by atoms with Crippen LogP contribution in [-0.4, -0.2) is 40.5 Å². The van der Waals surface area contributed by atoms with Gasteiger partial charge in [-0.2, -0.15) is 0 Å². The summed E-state index contributed by atoms with van der Waals surface area (Å²) in [5, 5.41) is 14.5. The first-order chi connectivity index (χ1) is 23.1. The molecule has 1 aliphatic rings. The lowest BCUT2D eigenvalue weighted by Crippen LogP contribution is -2.43. The minimum absolute atomic E-state index is 0.0854. The number of ether oxygens (including phenoxy) is 1. The van der Waals surface area contributed by atoms with Crippen molar-refractivity contribution < 1.29 is 14.5 Å². The molecule has 4 aromatic carbocycles. The molecule has 9 nitrogen and oxygen atoms in total. The second-order valence-electron chi connectivity index (χ2n) is 11.0. The molecule has 2 heterocycles. The van der Waals surface area contributed by atoms with Crippen LogP contribution in [0.4, 0.5) is 5.69 Å². The van der Waals surface area contributed by atoms with Crippen LogP contribution in [0, 0.1) is 10.1 Å². The normalized spacial score (nSPS) is 14.5. The zero-order chi connectivity index (χ0) is 34.1. The van der Waals surface area contributed by atoms with Crippen molar-refractivity contribution >= 4 is 63.1 Å². The average Bonchev–Trinajstić information content (AvgIpc) is 3.39. The van der Waals surface area contributed by atoms with E-state index in [0.717, 1.165) is 15.7 Å². The van der Waals surface area contributed by atoms with Gasteiger partial charge in [0.15, 0.2) is 4.80 Å². The number of likely N-dealkylation sites (N-methyl/N-ethyl adjacent to an activating group) is 1. The van der Waals surface area contributed by atoms with E-state index in [0.29, 0.717) is 60.5 Å². The molecule has 0 radical (unpaired) electrons. The average molecular weight is 699 g/mol. The number of hydrogen-bond donors (Lipinski definition) is 0. The lowest BCUT2D eigenvalue weighted by Gasteiger charge is -2.30. The van der Waals surface area contributed by atoms with Gasteiger partial charge < -0.3 is 9.64 Å². The molecule has 1 amide bonds. The van der Waals surface area contributed by atoms with E-state index in [2.05, 4.69) is 0 Å². The number of amides is 1. The summed E-state index contributed by atoms with van der Waals surface area (Å²) < 4.78 is 7.75. The molecule has 6 rings (SSSR count). The molecule has 1 aliphatic heterocycles. The van der Waals surface area contributed by atoms with Gasteiger partial charge >= 0.3 is 0 Å². The molecule has 5 aromatic rings. The molecule has 0 saturated heterocycles. The Hall–Kier alpha value is -4.71. The highest BCUT2D eigenvalue weighted by molar-refractivity contribution is 7.99. The number of rotatable bonds is 9. The quantitative estimate of drug-likeness (QED) is 0.122. The second-order valence-corrected chi connectivity index (χ2v) is 13.6. The number of nitro groups is 1. The van der Waals surface area contributed by atoms with Crippen LogP contribution in [0.15, 0.2) is 110 Å². The van der Waals surface area contributed by atoms with E-state index in [1.165, 1.54) is 29.2 Å². The fourth-order valence-corrected chi connectivity index (χ4v) is 7.99. The van der Waals surface area contributed by atoms with Crippen LogP contribution in [0.1, 0.15) is 37.9 Å². The van der Waals surface area contributed by atoms with Gasteiger partial charge in [0.2, 0.25) is 0 Å². The fourth-order valence-electron chi connectivity index (χ4n) is 5.92. The molecular formula is C36H31ClN4O5S2. The van der Waals surface area contributed by atoms with Crippen molar-refractivity contribution in [1.82, 2.24) is 9.47 Å². The Bertz CT molecular complexity index is 2290. The number of methoxy groups -OCH3 is 1. The molecule has 0 N–H and O–H groups in total. The van der Waals surface area contributed by atoms with Crippen LogP contribution in [-0.2, 0) is 4.79 Å². The van der Waals surface area contributed by atoms with Crippen molar-refractivity contribution in [3.63, 3.8) is 0 Å². The highest BCUT2D eigenvalue weighted by Gasteiger charge is 2.36. The van der Waals surface area contributed by atoms with Gasteiger partial charge in [-0.15, -0.1) is 0 Å². The molecule has 0 unspecified atom stereocenters. The van der Waals surface area contributed by atoms with Gasteiger partial charge in [0, 0.05) is 34.6 Å². The molecule has 48 heavy (non-hydrogen) atoms. The number of carbonyl (C=O) groups is 1. The number of benzene rings is 4. The summed E-state index contributed by atoms with van der Waals surface area (Å²) in [5.41, 5.74) is 1.63. The first-order valence-electron chi connectivity index (χ1n) is 15.2. The predicted molar refractivity (Wildman–Crippen MR) is 191 cm³/mol. The van der Waals surface area contributed by atoms with Crippen molar-refractivity contribution in [2.24, 2.45) is 4.99 Å². The highest BCUT2D eigenvalue weighted by Crippen LogP contribution is 2.41. The number of fused-ring (bicyclic) bond motifs is 2. The van der Waals surface area contributed by atoms with E-state index in [1.54, 1.807) is 66.0 Å². The molecule has 1 aromatic heterocycles. The van der Waals surface area contributed by atoms with Gasteiger partial charge in [0.1, 0.15) is 11.8 Å². The Labute approximate surface area is 289 Å². The third-order valence-corrected chi connectivity index (χ3v) is 10.6. The maximum absolute atomic E-state index is 14.4. The third kappa shape index (κ3) is 6.16. The van der Waals surface area contributed by atoms with E-state index < -0.39 is 11.0 Å². The number of carbonyl (C=O) groups excluding carboxylic acids is 1. The predicted octanol–water partition coefficient (Wildman–Crippen LogP) is 6.98. The van der Waals surface area contributed by atoms with Gasteiger partial charge in [-0.25, -0.2) is 4.99 Å². The minimum Gasteiger partial charge on any atom is -0.496 e. The summed E-state index contributed by atoms with van der Waals surface area (Å²) >= 11 is 8.44. The smallest absolute Gasteiger partial charge is 0.283 e. The van der Waals surface area contributed by atoms with Crippen LogP contribution in [0.2, 0.25) is 5.02 Å². The molecule has 0 aliphatic carbocycles. The molecule has 0 spiro atoms. The molecule has 1 atom stereocenters. The highest BCUT2D eigenvalue weighted by atomic mass is 35.5. The van der Waals surface area contributed by atoms with E-state index in [-0.39, 0.29) is 17.2 Å². The van der Waals surface area contributed by atoms with Gasteiger partial charge in [-0.3, -0.25) is 24.3 Å². The monoisotopic (exact) mass is 698 g/mol. The number of nitrogens with zero attached hydrogens (tertiary/aromatic N) is 4. The Morgan fingerprint density at radius 2 is 1.83 bits per heavy atom. The van der Waals surface area contributed by atoms with Crippen LogP contribution in [0.25, 0.3) is 16.8 Å². The second kappa shape index (κ2) is 13.8. The van der Waals surface area contributed by atoms with Crippen LogP contribution in [0.3, 0.4) is 0 Å². The summed E-state index contributed by atoms with van der Waals surface area (Å²) in [4.78, 5) is 48.5. The zero-order valence-corrected chi connectivity index (χ0v) is 29.0. The van der Waals surface area contributed by atoms with Gasteiger partial charge in [-0.05, 0) is 79.6 Å². The van der Waals surface area contributed by atoms with Gasteiger partial charge in [0.05, 0.1) is 32.7 Å². The standard InChI is InChI=1S/C36H31ClN4O5S2/c1-5-39(6-2)35(43)31-21(3)38-36-40(33(31)32-26-10-8-7-9-23(26)12-17-28(32)46-4)34(42)30(48-36)20-22-11-18-29(27(19-22)41(44)45)47-25-15-13-24(37)14-16-25/h7-20,33H,5-6H2,1-4H3/b30-20-/t33-/m0/s1. The molecule has 0 bridgehead atoms. The molecule has 0 fully saturated rings. The van der Waals surface area contributed by atoms with Crippen molar-refractivity contribution in [1.29, 1.82) is 0 Å². The lowest BCUT2D eigenvalue weighted by atomic mass is 9.90. The van der Waals surface area contributed by atoms with E-state index in [1.807, 2.05) is 50.2 Å². The zero-order valence-electron chi connectivity index (χ0n) is 26.6. The maximum atomic E-state index is 14.4. The van der Waals surface area contributed by atoms with Crippen LogP contribution >= 0.6 is 34.7 Å². The molecular weight excluding hydrogens is 668 g/mol. The number of allylic oxidation sites excluding steroid dienone is 1. The summed E-state index contributed by atoms with van der Waals surface area (Å²) in [6.07, 6.45) is 1.64. The number of thiazole rings is 1. The number of nitro benzene ring substituents is 1. The largest absolute Gasteiger partial charge is 0.496 e. The summed E-state index contributed by atoms with van der Waals surface area (Å²) in [5.74, 6) is 0.331. The lowest BCUT2D eigenvalue weighted by molar-refractivity contribution is -0.387. The van der Waals surface area contributed by atoms with Crippen molar-refractivity contribution in [3.8, 4) is 5.75 Å². The Morgan fingerprint density at radius 3 is 2.52 bits per heavy atom. The first-order valence-corrected chi connectivity index (χ1v) is 17.3. The van der Waals surface area contributed by atoms with Crippen LogP contribution in [0.5, 0.6) is 5.75 Å². The molecule has 12 heteroatoms. The summed E-state index contributed by atoms with van der Waals surface area (Å²) in [6, 6.07) is 22.7. The third-order valence-electron chi connectivity index (χ3n) is 8.25. The number of aromatic nitrogens is 1. The molecule has 0 saturated carbocycles. The summed E-state index contributed by atoms with van der Waals surface area (Å²) in [6.45, 7) is 6.60. The SMILES string of the molecule is CCN(CC)C(=O)C1=C(C)N=c2s/c(=C\c3ccc(Sc4ccc(Cl)cc4)c([N+](=O)[O-])c3)c(=O)n2[C@@H]1c1c(OC)ccc2ccccc12. The van der Waals surface area contributed by atoms with E-state index >= 15 is 0 Å². The first kappa shape index (κ1) is 33.2. The Morgan fingerprint density at radius 1 is 1.10 bits per heavy atom. The summed E-state index contributed by atoms with van der Waals surface area (Å²) in [7, 11) is 1.57. The minimum atomic E-state index is -0.829. The molecule has 244 valence electrons. The van der Waals surface area contributed by atoms with Crippen molar-refractivity contribution in [2.75, 3.05) is 20.2 Å². The number of halogens is 1. The van der Waals surface area contributed by atoms with Crippen LogP contribution < -0.4 is 19.6 Å². The van der Waals surface area contributed by atoms with Gasteiger partial charge in [0.25, 0.3) is 17.2 Å². The number of hydrogen-bond acceptors (Lipinski definition) is 8. The fraction of sp³-hybridized carbons (Fsp3) is 0.194.